The first-order chi connectivity index (χ1) is 9.25. The maximum absolute atomic E-state index is 6.48. The zero-order chi connectivity index (χ0) is 13.0. The molecule has 4 atom stereocenters. The van der Waals surface area contributed by atoms with Crippen LogP contribution in [0.25, 0.3) is 0 Å². The van der Waals surface area contributed by atoms with E-state index in [9.17, 15) is 0 Å². The minimum atomic E-state index is 0.134. The Hall–Kier alpha value is -1.61. The Bertz CT molecular complexity index is 616. The molecule has 3 nitrogen and oxygen atoms in total. The average Bonchev–Trinajstić information content (AvgIpc) is 3.03. The molecular weight excluding hydrogens is 234 g/mol. The molecular formula is C16H19N3. The van der Waals surface area contributed by atoms with Crippen molar-refractivity contribution < 1.29 is 0 Å². The van der Waals surface area contributed by atoms with Crippen molar-refractivity contribution in [1.82, 2.24) is 9.78 Å². The van der Waals surface area contributed by atoms with Crippen LogP contribution in [0.1, 0.15) is 35.1 Å². The Kier molecular flexibility index (Phi) is 2.33. The SMILES string of the molecule is Cn1cc(C(N)C2C3CCc4ccccc4C32)cn1. The Balaban J connectivity index is 1.63. The highest BCUT2D eigenvalue weighted by Gasteiger charge is 2.55. The maximum Gasteiger partial charge on any atom is 0.0537 e. The van der Waals surface area contributed by atoms with E-state index in [-0.39, 0.29) is 6.04 Å². The molecule has 1 fully saturated rings. The van der Waals surface area contributed by atoms with Crippen LogP contribution in [0.2, 0.25) is 0 Å². The number of nitrogens with two attached hydrogens (primary N) is 1. The van der Waals surface area contributed by atoms with Crippen molar-refractivity contribution >= 4 is 0 Å². The van der Waals surface area contributed by atoms with Crippen LogP contribution in [0.3, 0.4) is 0 Å². The number of hydrogen-bond acceptors (Lipinski definition) is 2. The summed E-state index contributed by atoms with van der Waals surface area (Å²) in [6.07, 6.45) is 6.48. The van der Waals surface area contributed by atoms with Gasteiger partial charge < -0.3 is 5.73 Å². The van der Waals surface area contributed by atoms with E-state index in [1.165, 1.54) is 24.0 Å². The fourth-order valence-electron chi connectivity index (χ4n) is 3.94. The van der Waals surface area contributed by atoms with Gasteiger partial charge in [-0.25, -0.2) is 0 Å². The molecule has 4 rings (SSSR count). The number of benzene rings is 1. The third-order valence-electron chi connectivity index (χ3n) is 4.92. The molecule has 1 aromatic carbocycles. The van der Waals surface area contributed by atoms with E-state index in [4.69, 9.17) is 5.73 Å². The van der Waals surface area contributed by atoms with Gasteiger partial charge in [0.2, 0.25) is 0 Å². The minimum Gasteiger partial charge on any atom is -0.324 e. The Morgan fingerprint density at radius 3 is 3.00 bits per heavy atom. The van der Waals surface area contributed by atoms with E-state index in [1.807, 2.05) is 17.9 Å². The molecule has 2 aromatic rings. The van der Waals surface area contributed by atoms with Gasteiger partial charge in [-0.2, -0.15) is 5.10 Å². The third-order valence-corrected chi connectivity index (χ3v) is 4.92. The number of nitrogens with zero attached hydrogens (tertiary/aromatic N) is 2. The van der Waals surface area contributed by atoms with E-state index < -0.39 is 0 Å². The van der Waals surface area contributed by atoms with Gasteiger partial charge in [0.25, 0.3) is 0 Å². The summed E-state index contributed by atoms with van der Waals surface area (Å²) >= 11 is 0. The highest BCUT2D eigenvalue weighted by Crippen LogP contribution is 2.63. The van der Waals surface area contributed by atoms with Gasteiger partial charge in [-0.05, 0) is 41.7 Å². The molecule has 0 spiro atoms. The average molecular weight is 253 g/mol. The lowest BCUT2D eigenvalue weighted by Crippen LogP contribution is -2.13. The molecule has 0 radical (unpaired) electrons. The lowest BCUT2D eigenvalue weighted by molar-refractivity contribution is 0.555. The summed E-state index contributed by atoms with van der Waals surface area (Å²) in [6, 6.07) is 9.01. The first kappa shape index (κ1) is 11.2. The molecule has 2 N–H and O–H groups in total. The third kappa shape index (κ3) is 1.65. The molecule has 0 aliphatic heterocycles. The second-order valence-electron chi connectivity index (χ2n) is 5.98. The minimum absolute atomic E-state index is 0.134. The van der Waals surface area contributed by atoms with Gasteiger partial charge in [-0.1, -0.05) is 24.3 Å². The second-order valence-corrected chi connectivity index (χ2v) is 5.98. The summed E-state index contributed by atoms with van der Waals surface area (Å²) in [5.74, 6) is 2.07. The largest absolute Gasteiger partial charge is 0.324 e. The van der Waals surface area contributed by atoms with E-state index in [0.29, 0.717) is 11.8 Å². The summed E-state index contributed by atoms with van der Waals surface area (Å²) in [5, 5.41) is 4.25. The van der Waals surface area contributed by atoms with Crippen LogP contribution in [-0.4, -0.2) is 9.78 Å². The molecule has 2 aliphatic rings. The Labute approximate surface area is 113 Å². The molecule has 3 heteroatoms. The van der Waals surface area contributed by atoms with Crippen molar-refractivity contribution in [2.75, 3.05) is 0 Å². The highest BCUT2D eigenvalue weighted by molar-refractivity contribution is 5.40. The van der Waals surface area contributed by atoms with Gasteiger partial charge in [0.1, 0.15) is 0 Å². The van der Waals surface area contributed by atoms with Crippen LogP contribution >= 0.6 is 0 Å². The number of fused-ring (bicyclic) bond motifs is 3. The van der Waals surface area contributed by atoms with E-state index in [1.54, 1.807) is 5.56 Å². The summed E-state index contributed by atoms with van der Waals surface area (Å²) < 4.78 is 1.84. The van der Waals surface area contributed by atoms with Crippen molar-refractivity contribution in [2.45, 2.75) is 24.8 Å². The molecule has 0 amide bonds. The quantitative estimate of drug-likeness (QED) is 0.893. The lowest BCUT2D eigenvalue weighted by atomic mass is 9.92. The standard InChI is InChI=1S/C16H19N3/c1-19-9-11(8-18-19)16(17)15-13-7-6-10-4-2-3-5-12(10)14(13)15/h2-5,8-9,13-16H,6-7,17H2,1H3. The molecule has 2 aliphatic carbocycles. The number of aromatic nitrogens is 2. The highest BCUT2D eigenvalue weighted by atomic mass is 15.2. The number of hydrogen-bond donors (Lipinski definition) is 1. The fraction of sp³-hybridized carbons (Fsp3) is 0.438. The van der Waals surface area contributed by atoms with Gasteiger partial charge in [0, 0.05) is 24.8 Å². The van der Waals surface area contributed by atoms with Gasteiger partial charge in [-0.15, -0.1) is 0 Å². The summed E-state index contributed by atoms with van der Waals surface area (Å²) in [5.41, 5.74) is 10.7. The summed E-state index contributed by atoms with van der Waals surface area (Å²) in [7, 11) is 1.95. The first-order valence-electron chi connectivity index (χ1n) is 7.07. The number of rotatable bonds is 2. The first-order valence-corrected chi connectivity index (χ1v) is 7.07. The molecule has 98 valence electrons. The van der Waals surface area contributed by atoms with Gasteiger partial charge >= 0.3 is 0 Å². The van der Waals surface area contributed by atoms with E-state index in [0.717, 1.165) is 5.92 Å². The second kappa shape index (κ2) is 3.94. The van der Waals surface area contributed by atoms with Crippen molar-refractivity contribution in [3.05, 3.63) is 53.3 Å². The van der Waals surface area contributed by atoms with Crippen molar-refractivity contribution in [1.29, 1.82) is 0 Å². The topological polar surface area (TPSA) is 43.8 Å². The zero-order valence-corrected chi connectivity index (χ0v) is 11.2. The maximum atomic E-state index is 6.48. The Morgan fingerprint density at radius 1 is 1.37 bits per heavy atom. The van der Waals surface area contributed by atoms with E-state index in [2.05, 4.69) is 35.6 Å². The molecule has 1 heterocycles. The normalized spacial score (nSPS) is 29.5. The van der Waals surface area contributed by atoms with Crippen molar-refractivity contribution in [3.63, 3.8) is 0 Å². The van der Waals surface area contributed by atoms with Gasteiger partial charge in [0.15, 0.2) is 0 Å². The van der Waals surface area contributed by atoms with Crippen LogP contribution in [-0.2, 0) is 13.5 Å². The van der Waals surface area contributed by atoms with Crippen molar-refractivity contribution in [2.24, 2.45) is 24.6 Å². The molecule has 4 unspecified atom stereocenters. The van der Waals surface area contributed by atoms with Crippen LogP contribution in [0.5, 0.6) is 0 Å². The molecule has 1 saturated carbocycles. The van der Waals surface area contributed by atoms with Crippen LogP contribution < -0.4 is 5.73 Å². The smallest absolute Gasteiger partial charge is 0.0537 e. The van der Waals surface area contributed by atoms with E-state index >= 15 is 0 Å². The molecule has 1 aromatic heterocycles. The number of aryl methyl sites for hydroxylation is 2. The van der Waals surface area contributed by atoms with Gasteiger partial charge in [0.05, 0.1) is 6.20 Å². The van der Waals surface area contributed by atoms with Crippen LogP contribution in [0.4, 0.5) is 0 Å². The zero-order valence-electron chi connectivity index (χ0n) is 11.2. The summed E-state index contributed by atoms with van der Waals surface area (Å²) in [6.45, 7) is 0. The van der Waals surface area contributed by atoms with Crippen LogP contribution in [0, 0.1) is 11.8 Å². The Morgan fingerprint density at radius 2 is 2.21 bits per heavy atom. The lowest BCUT2D eigenvalue weighted by Gasteiger charge is -2.13. The molecule has 0 saturated heterocycles. The van der Waals surface area contributed by atoms with Crippen molar-refractivity contribution in [3.8, 4) is 0 Å². The molecule has 19 heavy (non-hydrogen) atoms. The predicted molar refractivity (Wildman–Crippen MR) is 74.6 cm³/mol. The summed E-state index contributed by atoms with van der Waals surface area (Å²) in [4.78, 5) is 0. The molecule has 0 bridgehead atoms. The van der Waals surface area contributed by atoms with Gasteiger partial charge in [-0.3, -0.25) is 4.68 Å². The monoisotopic (exact) mass is 253 g/mol. The fourth-order valence-corrected chi connectivity index (χ4v) is 3.94. The predicted octanol–water partition coefficient (Wildman–Crippen LogP) is 2.40. The van der Waals surface area contributed by atoms with Crippen LogP contribution in [0.15, 0.2) is 36.7 Å².